The van der Waals surface area contributed by atoms with Crippen molar-refractivity contribution in [2.24, 2.45) is 0 Å². The van der Waals surface area contributed by atoms with Crippen LogP contribution in [-0.2, 0) is 6.54 Å². The molecular formula is C21H17FN4O. The summed E-state index contributed by atoms with van der Waals surface area (Å²) in [5.41, 5.74) is 3.49. The van der Waals surface area contributed by atoms with Crippen LogP contribution in [0.15, 0.2) is 67.0 Å². The molecule has 2 aromatic carbocycles. The van der Waals surface area contributed by atoms with Crippen LogP contribution in [0.25, 0.3) is 11.0 Å². The van der Waals surface area contributed by atoms with E-state index < -0.39 is 0 Å². The number of carbonyl (C=O) groups is 1. The van der Waals surface area contributed by atoms with E-state index in [1.807, 2.05) is 30.3 Å². The van der Waals surface area contributed by atoms with Gasteiger partial charge in [0.05, 0.1) is 18.3 Å². The van der Waals surface area contributed by atoms with Gasteiger partial charge in [-0.25, -0.2) is 14.1 Å². The summed E-state index contributed by atoms with van der Waals surface area (Å²) in [6.45, 7) is 2.35. The van der Waals surface area contributed by atoms with Gasteiger partial charge in [0.1, 0.15) is 5.82 Å². The van der Waals surface area contributed by atoms with E-state index in [1.165, 1.54) is 18.3 Å². The average Bonchev–Trinajstić information content (AvgIpc) is 3.07. The number of aryl methyl sites for hydroxylation is 1. The third kappa shape index (κ3) is 3.55. The monoisotopic (exact) mass is 360 g/mol. The van der Waals surface area contributed by atoms with Gasteiger partial charge in [-0.3, -0.25) is 4.79 Å². The number of nitrogens with one attached hydrogen (secondary N) is 1. The predicted octanol–water partition coefficient (Wildman–Crippen LogP) is 4.18. The number of halogens is 1. The summed E-state index contributed by atoms with van der Waals surface area (Å²) in [6.07, 6.45) is 3.23. The van der Waals surface area contributed by atoms with Crippen molar-refractivity contribution in [2.75, 3.05) is 5.32 Å². The van der Waals surface area contributed by atoms with E-state index in [0.29, 0.717) is 29.0 Å². The third-order valence-corrected chi connectivity index (χ3v) is 4.35. The highest BCUT2D eigenvalue weighted by Gasteiger charge is 2.12. The highest BCUT2D eigenvalue weighted by atomic mass is 19.1. The molecule has 1 amide bonds. The molecule has 0 radical (unpaired) electrons. The minimum absolute atomic E-state index is 0.296. The van der Waals surface area contributed by atoms with E-state index in [2.05, 4.69) is 15.4 Å². The molecule has 134 valence electrons. The van der Waals surface area contributed by atoms with E-state index >= 15 is 0 Å². The lowest BCUT2D eigenvalue weighted by molar-refractivity contribution is 0.102. The Hall–Kier alpha value is -3.54. The summed E-state index contributed by atoms with van der Waals surface area (Å²) < 4.78 is 15.0. The zero-order valence-electron chi connectivity index (χ0n) is 14.7. The zero-order valence-corrected chi connectivity index (χ0v) is 14.7. The van der Waals surface area contributed by atoms with Gasteiger partial charge in [0.25, 0.3) is 5.91 Å². The average molecular weight is 360 g/mol. The zero-order chi connectivity index (χ0) is 18.8. The third-order valence-electron chi connectivity index (χ3n) is 4.35. The predicted molar refractivity (Wildman–Crippen MR) is 102 cm³/mol. The Morgan fingerprint density at radius 1 is 1.11 bits per heavy atom. The summed E-state index contributed by atoms with van der Waals surface area (Å²) in [5, 5.41) is 7.96. The number of fused-ring (bicyclic) bond motifs is 1. The van der Waals surface area contributed by atoms with E-state index in [0.717, 1.165) is 10.9 Å². The van der Waals surface area contributed by atoms with Crippen LogP contribution >= 0.6 is 0 Å². The normalized spacial score (nSPS) is 10.9. The number of carbonyl (C=O) groups excluding carboxylic acids is 1. The minimum Gasteiger partial charge on any atom is -0.322 e. The first-order chi connectivity index (χ1) is 13.1. The molecule has 0 aliphatic rings. The summed E-state index contributed by atoms with van der Waals surface area (Å²) in [6, 6.07) is 16.0. The highest BCUT2D eigenvalue weighted by molar-refractivity contribution is 6.05. The van der Waals surface area contributed by atoms with E-state index in [-0.39, 0.29) is 11.7 Å². The Kier molecular flexibility index (Phi) is 4.38. The number of aromatic nitrogens is 3. The van der Waals surface area contributed by atoms with Crippen LogP contribution in [0.5, 0.6) is 0 Å². The molecule has 1 N–H and O–H groups in total. The molecule has 4 aromatic rings. The van der Waals surface area contributed by atoms with Crippen molar-refractivity contribution in [1.82, 2.24) is 14.8 Å². The second-order valence-electron chi connectivity index (χ2n) is 6.34. The summed E-state index contributed by atoms with van der Waals surface area (Å²) in [5.74, 6) is -0.630. The Labute approximate surface area is 155 Å². The van der Waals surface area contributed by atoms with Crippen LogP contribution in [0.1, 0.15) is 21.5 Å². The van der Waals surface area contributed by atoms with Crippen LogP contribution < -0.4 is 5.32 Å². The summed E-state index contributed by atoms with van der Waals surface area (Å²) >= 11 is 0. The van der Waals surface area contributed by atoms with Crippen molar-refractivity contribution in [3.05, 3.63) is 89.5 Å². The number of benzene rings is 2. The Balaban J connectivity index is 1.57. The molecular weight excluding hydrogens is 343 g/mol. The van der Waals surface area contributed by atoms with Gasteiger partial charge < -0.3 is 5.32 Å². The standard InChI is InChI=1S/C21H17FN4O/c1-14-9-18(22)7-8-19(14)25-21(27)17-10-16-12-24-26(20(16)23-11-17)13-15-5-3-2-4-6-15/h2-12H,13H2,1H3,(H,25,27). The lowest BCUT2D eigenvalue weighted by atomic mass is 10.1. The maximum atomic E-state index is 13.2. The highest BCUT2D eigenvalue weighted by Crippen LogP contribution is 2.19. The smallest absolute Gasteiger partial charge is 0.257 e. The molecule has 4 rings (SSSR count). The van der Waals surface area contributed by atoms with Crippen LogP contribution in [0.2, 0.25) is 0 Å². The molecule has 0 saturated heterocycles. The van der Waals surface area contributed by atoms with Gasteiger partial charge in [0.15, 0.2) is 5.65 Å². The minimum atomic E-state index is -0.334. The largest absolute Gasteiger partial charge is 0.322 e. The van der Waals surface area contributed by atoms with Gasteiger partial charge in [-0.15, -0.1) is 0 Å². The molecule has 0 unspecified atom stereocenters. The molecule has 0 fully saturated rings. The fourth-order valence-electron chi connectivity index (χ4n) is 2.93. The number of nitrogens with zero attached hydrogens (tertiary/aromatic N) is 3. The van der Waals surface area contributed by atoms with Crippen molar-refractivity contribution in [1.29, 1.82) is 0 Å². The van der Waals surface area contributed by atoms with Crippen molar-refractivity contribution in [3.8, 4) is 0 Å². The second-order valence-corrected chi connectivity index (χ2v) is 6.34. The number of amides is 1. The first-order valence-corrected chi connectivity index (χ1v) is 8.53. The Morgan fingerprint density at radius 3 is 2.70 bits per heavy atom. The van der Waals surface area contributed by atoms with Crippen LogP contribution in [0.4, 0.5) is 10.1 Å². The topological polar surface area (TPSA) is 59.8 Å². The Bertz CT molecular complexity index is 1120. The number of pyridine rings is 1. The number of hydrogen-bond acceptors (Lipinski definition) is 3. The Morgan fingerprint density at radius 2 is 1.93 bits per heavy atom. The molecule has 0 atom stereocenters. The summed E-state index contributed by atoms with van der Waals surface area (Å²) in [4.78, 5) is 16.9. The fourth-order valence-corrected chi connectivity index (χ4v) is 2.93. The van der Waals surface area contributed by atoms with Gasteiger partial charge in [-0.2, -0.15) is 5.10 Å². The molecule has 2 heterocycles. The molecule has 0 spiro atoms. The van der Waals surface area contributed by atoms with Crippen molar-refractivity contribution >= 4 is 22.6 Å². The number of anilines is 1. The molecule has 5 nitrogen and oxygen atoms in total. The second kappa shape index (κ2) is 6.99. The maximum Gasteiger partial charge on any atom is 0.257 e. The molecule has 0 saturated carbocycles. The molecule has 0 aliphatic heterocycles. The van der Waals surface area contributed by atoms with Crippen molar-refractivity contribution < 1.29 is 9.18 Å². The molecule has 27 heavy (non-hydrogen) atoms. The SMILES string of the molecule is Cc1cc(F)ccc1NC(=O)c1cnc2c(cnn2Cc2ccccc2)c1. The molecule has 0 bridgehead atoms. The first kappa shape index (κ1) is 16.9. The first-order valence-electron chi connectivity index (χ1n) is 8.53. The van der Waals surface area contributed by atoms with Gasteiger partial charge in [-0.1, -0.05) is 30.3 Å². The molecule has 6 heteroatoms. The number of hydrogen-bond donors (Lipinski definition) is 1. The van der Waals surface area contributed by atoms with Crippen LogP contribution in [-0.4, -0.2) is 20.7 Å². The van der Waals surface area contributed by atoms with Crippen molar-refractivity contribution in [3.63, 3.8) is 0 Å². The van der Waals surface area contributed by atoms with Crippen molar-refractivity contribution in [2.45, 2.75) is 13.5 Å². The van der Waals surface area contributed by atoms with Gasteiger partial charge in [-0.05, 0) is 42.3 Å². The van der Waals surface area contributed by atoms with Gasteiger partial charge in [0.2, 0.25) is 0 Å². The lowest BCUT2D eigenvalue weighted by Crippen LogP contribution is -2.13. The molecule has 2 aromatic heterocycles. The number of rotatable bonds is 4. The lowest BCUT2D eigenvalue weighted by Gasteiger charge is -2.08. The van der Waals surface area contributed by atoms with E-state index in [1.54, 1.807) is 29.9 Å². The van der Waals surface area contributed by atoms with Gasteiger partial charge >= 0.3 is 0 Å². The van der Waals surface area contributed by atoms with Crippen LogP contribution in [0, 0.1) is 12.7 Å². The quantitative estimate of drug-likeness (QED) is 0.594. The fraction of sp³-hybridized carbons (Fsp3) is 0.0952. The van der Waals surface area contributed by atoms with Gasteiger partial charge in [0, 0.05) is 17.3 Å². The maximum absolute atomic E-state index is 13.2. The van der Waals surface area contributed by atoms with E-state index in [9.17, 15) is 9.18 Å². The van der Waals surface area contributed by atoms with E-state index in [4.69, 9.17) is 0 Å². The van der Waals surface area contributed by atoms with Crippen LogP contribution in [0.3, 0.4) is 0 Å². The molecule has 0 aliphatic carbocycles. The summed E-state index contributed by atoms with van der Waals surface area (Å²) in [7, 11) is 0.